The molecule has 5 saturated heterocycles. The summed E-state index contributed by atoms with van der Waals surface area (Å²) >= 11 is 27.5. The largest absolute Gasteiger partial charge is 0.387 e. The van der Waals surface area contributed by atoms with Gasteiger partial charge in [0.15, 0.2) is 88.5 Å². The van der Waals surface area contributed by atoms with Gasteiger partial charge in [-0.05, 0) is 59.0 Å². The molecule has 15 heterocycles. The van der Waals surface area contributed by atoms with Crippen LogP contribution in [0.25, 0.3) is 55.8 Å². The van der Waals surface area contributed by atoms with Gasteiger partial charge in [-0.2, -0.15) is 0 Å². The molecule has 0 bridgehead atoms. The lowest BCUT2D eigenvalue weighted by Gasteiger charge is -2.29. The molecule has 10 aromatic rings. The SMILES string of the molecule is COC1C(COP(O)(O)=S)OC(n2cnc3c(N)ncnc32)C1OP(O)(=S)OCC1OC(n2cnc3c(N)ncnc32)C(OP(O)(=S)OCC2OC(n3cnc4c(N)ncnc43)C(OP(O)(=S)OCC3OC(n4cnc5c(N)ncnc54)C(OP(O)(=S)OCC4OC(n5cnc6c(N)ncnc65)C(O)C4O)C3OC)C2OC)C1OC. The number of aliphatic hydroxyl groups excluding tert-OH is 2. The summed E-state index contributed by atoms with van der Waals surface area (Å²) in [6.45, 7) is -25.8. The van der Waals surface area contributed by atoms with Crippen molar-refractivity contribution in [3.05, 3.63) is 63.3 Å². The summed E-state index contributed by atoms with van der Waals surface area (Å²) in [6.07, 6.45) is -15.1. The Balaban J connectivity index is 0.656. The number of anilines is 5. The van der Waals surface area contributed by atoms with Crippen molar-refractivity contribution in [1.29, 1.82) is 0 Å². The molecular formula is C54H70N25O26P5S5. The second-order valence-electron chi connectivity index (χ2n) is 25.6. The van der Waals surface area contributed by atoms with Crippen LogP contribution in [0.2, 0.25) is 0 Å². The van der Waals surface area contributed by atoms with Gasteiger partial charge >= 0.3 is 33.6 Å². The Bertz CT molecular complexity index is 5500. The first-order valence-electron chi connectivity index (χ1n) is 33.5. The van der Waals surface area contributed by atoms with Gasteiger partial charge < -0.3 is 133 Å². The summed E-state index contributed by atoms with van der Waals surface area (Å²) in [5.41, 5.74) is 32.2. The van der Waals surface area contributed by atoms with Crippen molar-refractivity contribution in [3.8, 4) is 0 Å². The average Bonchev–Trinajstić information content (AvgIpc) is 1.64. The van der Waals surface area contributed by atoms with Crippen molar-refractivity contribution in [2.45, 2.75) is 123 Å². The van der Waals surface area contributed by atoms with Crippen LogP contribution in [0.4, 0.5) is 29.1 Å². The van der Waals surface area contributed by atoms with Gasteiger partial charge in [0.25, 0.3) is 0 Å². The molecule has 24 atom stereocenters. The van der Waals surface area contributed by atoms with Gasteiger partial charge in [-0.3, -0.25) is 40.9 Å². The second-order valence-corrected chi connectivity index (χ2v) is 39.5. The lowest BCUT2D eigenvalue weighted by atomic mass is 10.1. The molecule has 5 fully saturated rings. The smallest absolute Gasteiger partial charge is 0.325 e. The molecule has 24 unspecified atom stereocenters. The van der Waals surface area contributed by atoms with Crippen molar-refractivity contribution in [3.63, 3.8) is 0 Å². The molecule has 18 N–H and O–H groups in total. The van der Waals surface area contributed by atoms with Crippen LogP contribution in [0.1, 0.15) is 31.1 Å². The molecule has 5 aliphatic rings. The fraction of sp³-hybridized carbons (Fsp3) is 0.537. The fourth-order valence-electron chi connectivity index (χ4n) is 13.8. The molecule has 0 spiro atoms. The third kappa shape index (κ3) is 17.0. The molecule has 115 heavy (non-hydrogen) atoms. The van der Waals surface area contributed by atoms with E-state index >= 15 is 0 Å². The highest BCUT2D eigenvalue weighted by Gasteiger charge is 2.57. The Labute approximate surface area is 670 Å². The molecular weight excluding hydrogens is 1730 g/mol. The van der Waals surface area contributed by atoms with Gasteiger partial charge in [-0.1, -0.05) is 0 Å². The number of aromatic nitrogens is 20. The summed E-state index contributed by atoms with van der Waals surface area (Å²) < 4.78 is 117. The molecule has 622 valence electrons. The fourth-order valence-corrected chi connectivity index (χ4v) is 20.0. The first-order chi connectivity index (χ1) is 54.8. The number of hydrogen-bond acceptors (Lipinski definition) is 45. The number of rotatable bonds is 32. The lowest BCUT2D eigenvalue weighted by Crippen LogP contribution is -2.39. The highest BCUT2D eigenvalue weighted by molar-refractivity contribution is 8.08. The van der Waals surface area contributed by atoms with Gasteiger partial charge in [0.2, 0.25) is 0 Å². The highest BCUT2D eigenvalue weighted by Crippen LogP contribution is 2.57. The zero-order valence-corrected chi connectivity index (χ0v) is 67.9. The summed E-state index contributed by atoms with van der Waals surface area (Å²) in [5, 5.41) is 22.4. The Kier molecular flexibility index (Phi) is 24.5. The van der Waals surface area contributed by atoms with Crippen LogP contribution >= 0.6 is 33.6 Å². The molecule has 15 rings (SSSR count). The summed E-state index contributed by atoms with van der Waals surface area (Å²) in [6, 6.07) is 0. The summed E-state index contributed by atoms with van der Waals surface area (Å²) in [5.74, 6) is 0.0151. The zero-order chi connectivity index (χ0) is 81.5. The van der Waals surface area contributed by atoms with E-state index in [1.165, 1.54) is 102 Å². The normalized spacial score (nSPS) is 30.8. The molecule has 51 nitrogen and oxygen atoms in total. The number of imidazole rings is 5. The number of ether oxygens (including phenoxy) is 9. The topological polar surface area (TPSA) is 676 Å². The lowest BCUT2D eigenvalue weighted by molar-refractivity contribution is -0.0613. The minimum Gasteiger partial charge on any atom is -0.387 e. The highest BCUT2D eigenvalue weighted by atomic mass is 32.5. The molecule has 10 aromatic heterocycles. The average molecular weight is 1800 g/mol. The molecule has 0 aliphatic carbocycles. The van der Waals surface area contributed by atoms with Crippen LogP contribution in [0.5, 0.6) is 0 Å². The van der Waals surface area contributed by atoms with Crippen molar-refractivity contribution in [1.82, 2.24) is 97.6 Å². The van der Waals surface area contributed by atoms with E-state index in [9.17, 15) is 39.6 Å². The van der Waals surface area contributed by atoms with Crippen LogP contribution in [0, 0.1) is 0 Å². The molecule has 0 aromatic carbocycles. The summed E-state index contributed by atoms with van der Waals surface area (Å²) in [7, 11) is 5.10. The molecule has 0 amide bonds. The maximum atomic E-state index is 12.4. The third-order valence-electron chi connectivity index (χ3n) is 18.9. The minimum absolute atomic E-state index is 0.00978. The van der Waals surface area contributed by atoms with Gasteiger partial charge in [0, 0.05) is 28.4 Å². The number of fused-ring (bicyclic) bond motifs is 5. The predicted molar refractivity (Wildman–Crippen MR) is 407 cm³/mol. The Morgan fingerprint density at radius 3 is 0.765 bits per heavy atom. The van der Waals surface area contributed by atoms with Crippen LogP contribution in [-0.2, 0) is 142 Å². The van der Waals surface area contributed by atoms with E-state index in [-0.39, 0.29) is 84.9 Å². The van der Waals surface area contributed by atoms with E-state index in [1.807, 2.05) is 0 Å². The Morgan fingerprint density at radius 2 is 0.530 bits per heavy atom. The number of methoxy groups -OCH3 is 4. The van der Waals surface area contributed by atoms with E-state index in [1.54, 1.807) is 0 Å². The number of nitrogens with two attached hydrogens (primary N) is 5. The van der Waals surface area contributed by atoms with Crippen molar-refractivity contribution >= 4 is 178 Å². The van der Waals surface area contributed by atoms with E-state index in [0.29, 0.717) is 0 Å². The zero-order valence-electron chi connectivity index (χ0n) is 59.4. The maximum Gasteiger partial charge on any atom is 0.325 e. The minimum atomic E-state index is -4.67. The molecule has 0 saturated carbocycles. The van der Waals surface area contributed by atoms with Gasteiger partial charge in [-0.25, -0.2) is 74.8 Å². The monoisotopic (exact) mass is 1800 g/mol. The van der Waals surface area contributed by atoms with Crippen LogP contribution in [-0.4, -0.2) is 290 Å². The number of hydrogen-bond donors (Lipinski definition) is 13. The van der Waals surface area contributed by atoms with Crippen LogP contribution in [0.15, 0.2) is 63.3 Å². The van der Waals surface area contributed by atoms with Crippen molar-refractivity contribution < 1.29 is 123 Å². The van der Waals surface area contributed by atoms with Gasteiger partial charge in [-0.15, -0.1) is 0 Å². The van der Waals surface area contributed by atoms with Crippen LogP contribution < -0.4 is 28.7 Å². The third-order valence-corrected chi connectivity index (χ3v) is 25.9. The standard InChI is InChI=1S/C54H70N25O26P5S5/c1-88-32-21(6-92-106(82,83)111)98-51(76-16-71-26-41(56)61-11-66-46(26)76)36(32)103-108(85,113)94-8-23-34(90-3)38(53(100-23)78-18-73-28-43(58)63-13-68-48(28)78)105-110(87,115)96-9-24-35(91-4)39(54(101-24)79-19-74-29-44(59)64-14-69-49(29)79)104-109(86,114)95-7-22-33(89-2)37(52(99-22)77-17-72-27-42(57)62-12-67-47(27)77)102-107(84,112)93-5-20-30(80)31(81)50(97-20)75-15-70-25-40(55)60-10-65-45(25)75/h10-24,30-39,50-54,80-81H,5-9H2,1-4H3,(H,84,112)(H,85,113)(H,86,114)(H,87,115)(H2,55,60,65)(H2,56,61,66)(H2,57,62,67)(H2,58,63,68)(H2,59,64,69)(H2,82,83,111). The Hall–Kier alpha value is -6.04. The quantitative estimate of drug-likeness (QED) is 0.0204. The summed E-state index contributed by atoms with van der Waals surface area (Å²) in [4.78, 5) is 132. The van der Waals surface area contributed by atoms with E-state index in [4.69, 9.17) is 171 Å². The molecule has 5 aliphatic heterocycles. The van der Waals surface area contributed by atoms with Gasteiger partial charge in [0.1, 0.15) is 151 Å². The predicted octanol–water partition coefficient (Wildman–Crippen LogP) is -1.93. The van der Waals surface area contributed by atoms with Crippen LogP contribution in [0.3, 0.4) is 0 Å². The van der Waals surface area contributed by atoms with Crippen molar-refractivity contribution in [2.75, 3.05) is 90.1 Å². The number of aliphatic hydroxyl groups is 2. The molecule has 61 heteroatoms. The van der Waals surface area contributed by atoms with E-state index < -0.39 is 189 Å². The van der Waals surface area contributed by atoms with E-state index in [2.05, 4.69) is 74.8 Å². The maximum absolute atomic E-state index is 12.4. The number of nitrogen functional groups attached to an aromatic ring is 5. The van der Waals surface area contributed by atoms with Gasteiger partial charge in [0.05, 0.1) is 64.7 Å². The first kappa shape index (κ1) is 84.0. The van der Waals surface area contributed by atoms with E-state index in [0.717, 1.165) is 12.7 Å². The van der Waals surface area contributed by atoms with Crippen molar-refractivity contribution in [2.24, 2.45) is 0 Å². The second kappa shape index (κ2) is 33.5. The molecule has 0 radical (unpaired) electrons. The number of nitrogens with zero attached hydrogens (tertiary/aromatic N) is 20. The first-order valence-corrected chi connectivity index (χ1v) is 46.5. The Morgan fingerprint density at radius 1 is 0.313 bits per heavy atom.